The molecule has 4 nitrogen and oxygen atoms in total. The second-order valence-electron chi connectivity index (χ2n) is 4.60. The van der Waals surface area contributed by atoms with E-state index in [9.17, 15) is 4.79 Å². The van der Waals surface area contributed by atoms with Crippen LogP contribution in [-0.4, -0.2) is 5.91 Å². The maximum Gasteiger partial charge on any atom is 0.224 e. The van der Waals surface area contributed by atoms with Gasteiger partial charge in [-0.25, -0.2) is 0 Å². The minimum Gasteiger partial charge on any atom is -0.467 e. The first-order chi connectivity index (χ1) is 9.72. The van der Waals surface area contributed by atoms with Gasteiger partial charge in [0, 0.05) is 17.8 Å². The SMILES string of the molecule is CCC(=O)Nc1ccc(NC(CC)c2ccco2)cc1. The Hall–Kier alpha value is -2.23. The van der Waals surface area contributed by atoms with E-state index >= 15 is 0 Å². The van der Waals surface area contributed by atoms with Crippen molar-refractivity contribution in [3.05, 3.63) is 48.4 Å². The normalized spacial score (nSPS) is 11.9. The van der Waals surface area contributed by atoms with Crippen molar-refractivity contribution in [2.45, 2.75) is 32.7 Å². The molecule has 2 N–H and O–H groups in total. The van der Waals surface area contributed by atoms with Gasteiger partial charge in [0.25, 0.3) is 0 Å². The van der Waals surface area contributed by atoms with Gasteiger partial charge in [-0.1, -0.05) is 13.8 Å². The van der Waals surface area contributed by atoms with E-state index in [1.54, 1.807) is 6.26 Å². The summed E-state index contributed by atoms with van der Waals surface area (Å²) in [4.78, 5) is 11.3. The van der Waals surface area contributed by atoms with Gasteiger partial charge in [-0.3, -0.25) is 4.79 Å². The molecule has 1 aromatic heterocycles. The monoisotopic (exact) mass is 272 g/mol. The van der Waals surface area contributed by atoms with Crippen molar-refractivity contribution < 1.29 is 9.21 Å². The lowest BCUT2D eigenvalue weighted by Crippen LogP contribution is -2.10. The molecule has 0 fully saturated rings. The van der Waals surface area contributed by atoms with E-state index in [1.807, 2.05) is 43.3 Å². The lowest BCUT2D eigenvalue weighted by Gasteiger charge is -2.16. The summed E-state index contributed by atoms with van der Waals surface area (Å²) in [6.07, 6.45) is 3.10. The molecule has 4 heteroatoms. The number of hydrogen-bond acceptors (Lipinski definition) is 3. The zero-order valence-electron chi connectivity index (χ0n) is 11.8. The molecule has 0 aliphatic heterocycles. The van der Waals surface area contributed by atoms with E-state index in [1.165, 1.54) is 0 Å². The largest absolute Gasteiger partial charge is 0.467 e. The first-order valence-corrected chi connectivity index (χ1v) is 6.92. The van der Waals surface area contributed by atoms with Gasteiger partial charge in [-0.15, -0.1) is 0 Å². The Bertz CT molecular complexity index is 532. The minimum absolute atomic E-state index is 0.0210. The summed E-state index contributed by atoms with van der Waals surface area (Å²) < 4.78 is 5.43. The summed E-state index contributed by atoms with van der Waals surface area (Å²) in [6, 6.07) is 11.7. The predicted octanol–water partition coefficient (Wildman–Crippen LogP) is 4.19. The lowest BCUT2D eigenvalue weighted by atomic mass is 10.1. The van der Waals surface area contributed by atoms with Gasteiger partial charge in [-0.05, 0) is 42.8 Å². The van der Waals surface area contributed by atoms with Crippen molar-refractivity contribution >= 4 is 17.3 Å². The van der Waals surface area contributed by atoms with Gasteiger partial charge in [-0.2, -0.15) is 0 Å². The molecule has 20 heavy (non-hydrogen) atoms. The van der Waals surface area contributed by atoms with Gasteiger partial charge >= 0.3 is 0 Å². The Morgan fingerprint density at radius 1 is 1.15 bits per heavy atom. The second-order valence-corrected chi connectivity index (χ2v) is 4.60. The average Bonchev–Trinajstić information content (AvgIpc) is 3.00. The molecule has 0 aliphatic rings. The molecule has 1 heterocycles. The standard InChI is InChI=1S/C16H20N2O2/c1-3-14(15-6-5-11-20-15)17-12-7-9-13(10-8-12)18-16(19)4-2/h5-11,14,17H,3-4H2,1-2H3,(H,18,19). The molecule has 0 saturated heterocycles. The van der Waals surface area contributed by atoms with Crippen molar-refractivity contribution in [3.8, 4) is 0 Å². The smallest absolute Gasteiger partial charge is 0.224 e. The third-order valence-electron chi connectivity index (χ3n) is 3.13. The van der Waals surface area contributed by atoms with Crippen LogP contribution in [0.1, 0.15) is 38.5 Å². The van der Waals surface area contributed by atoms with Crippen molar-refractivity contribution in [1.29, 1.82) is 0 Å². The third kappa shape index (κ3) is 3.63. The highest BCUT2D eigenvalue weighted by molar-refractivity contribution is 5.90. The van der Waals surface area contributed by atoms with Crippen molar-refractivity contribution in [2.24, 2.45) is 0 Å². The van der Waals surface area contributed by atoms with Crippen LogP contribution < -0.4 is 10.6 Å². The fraction of sp³-hybridized carbons (Fsp3) is 0.312. The summed E-state index contributed by atoms with van der Waals surface area (Å²) in [7, 11) is 0. The number of nitrogens with one attached hydrogen (secondary N) is 2. The Morgan fingerprint density at radius 3 is 2.40 bits per heavy atom. The lowest BCUT2D eigenvalue weighted by molar-refractivity contribution is -0.115. The molecule has 1 atom stereocenters. The van der Waals surface area contributed by atoms with Crippen molar-refractivity contribution in [3.63, 3.8) is 0 Å². The highest BCUT2D eigenvalue weighted by Gasteiger charge is 2.11. The number of anilines is 2. The maximum absolute atomic E-state index is 11.3. The summed E-state index contributed by atoms with van der Waals surface area (Å²) in [5, 5.41) is 6.25. The number of amides is 1. The zero-order valence-corrected chi connectivity index (χ0v) is 11.8. The number of carbonyl (C=O) groups excluding carboxylic acids is 1. The first-order valence-electron chi connectivity index (χ1n) is 6.92. The van der Waals surface area contributed by atoms with E-state index in [0.29, 0.717) is 6.42 Å². The number of rotatable bonds is 6. The van der Waals surface area contributed by atoms with Gasteiger partial charge < -0.3 is 15.1 Å². The quantitative estimate of drug-likeness (QED) is 0.829. The average molecular weight is 272 g/mol. The Labute approximate surface area is 119 Å². The molecule has 106 valence electrons. The van der Waals surface area contributed by atoms with Crippen molar-refractivity contribution in [2.75, 3.05) is 10.6 Å². The fourth-order valence-corrected chi connectivity index (χ4v) is 1.96. The first kappa shape index (κ1) is 14.2. The van der Waals surface area contributed by atoms with Crippen molar-refractivity contribution in [1.82, 2.24) is 0 Å². The number of hydrogen-bond donors (Lipinski definition) is 2. The molecule has 2 rings (SSSR count). The molecular weight excluding hydrogens is 252 g/mol. The van der Waals surface area contributed by atoms with Crippen LogP contribution in [0, 0.1) is 0 Å². The van der Waals surface area contributed by atoms with E-state index < -0.39 is 0 Å². The van der Waals surface area contributed by atoms with Gasteiger partial charge in [0.1, 0.15) is 5.76 Å². The topological polar surface area (TPSA) is 54.3 Å². The van der Waals surface area contributed by atoms with Gasteiger partial charge in [0.15, 0.2) is 0 Å². The van der Waals surface area contributed by atoms with E-state index in [2.05, 4.69) is 17.6 Å². The van der Waals surface area contributed by atoms with Crippen LogP contribution in [0.15, 0.2) is 47.1 Å². The molecule has 0 bridgehead atoms. The molecule has 0 aliphatic carbocycles. The van der Waals surface area contributed by atoms with E-state index in [4.69, 9.17) is 4.42 Å². The molecule has 0 spiro atoms. The fourth-order valence-electron chi connectivity index (χ4n) is 1.96. The summed E-state index contributed by atoms with van der Waals surface area (Å²) in [6.45, 7) is 3.94. The Kier molecular flexibility index (Phi) is 4.82. The van der Waals surface area contributed by atoms with Crippen LogP contribution >= 0.6 is 0 Å². The molecule has 0 radical (unpaired) electrons. The maximum atomic E-state index is 11.3. The summed E-state index contributed by atoms with van der Waals surface area (Å²) in [5.74, 6) is 0.948. The van der Waals surface area contributed by atoms with Crippen LogP contribution in [0.3, 0.4) is 0 Å². The van der Waals surface area contributed by atoms with Crippen LogP contribution in [0.25, 0.3) is 0 Å². The van der Waals surface area contributed by atoms with Crippen LogP contribution in [0.5, 0.6) is 0 Å². The van der Waals surface area contributed by atoms with Gasteiger partial charge in [0.2, 0.25) is 5.91 Å². The molecule has 1 unspecified atom stereocenters. The molecular formula is C16H20N2O2. The second kappa shape index (κ2) is 6.80. The molecule has 1 aromatic carbocycles. The third-order valence-corrected chi connectivity index (χ3v) is 3.13. The Balaban J connectivity index is 2.01. The minimum atomic E-state index is 0.0210. The molecule has 1 amide bonds. The number of benzene rings is 1. The van der Waals surface area contributed by atoms with Crippen LogP contribution in [0.2, 0.25) is 0 Å². The molecule has 2 aromatic rings. The van der Waals surface area contributed by atoms with Crippen LogP contribution in [0.4, 0.5) is 11.4 Å². The van der Waals surface area contributed by atoms with Gasteiger partial charge in [0.05, 0.1) is 12.3 Å². The zero-order chi connectivity index (χ0) is 14.4. The highest BCUT2D eigenvalue weighted by Crippen LogP contribution is 2.23. The van der Waals surface area contributed by atoms with E-state index in [0.717, 1.165) is 23.6 Å². The van der Waals surface area contributed by atoms with E-state index in [-0.39, 0.29) is 11.9 Å². The molecule has 0 saturated carbocycles. The summed E-state index contributed by atoms with van der Waals surface area (Å²) in [5.41, 5.74) is 1.82. The highest BCUT2D eigenvalue weighted by atomic mass is 16.3. The Morgan fingerprint density at radius 2 is 1.85 bits per heavy atom. The number of furan rings is 1. The van der Waals surface area contributed by atoms with Crippen LogP contribution in [-0.2, 0) is 4.79 Å². The number of carbonyl (C=O) groups is 1. The summed E-state index contributed by atoms with van der Waals surface area (Å²) >= 11 is 0. The predicted molar refractivity (Wildman–Crippen MR) is 80.7 cm³/mol.